The van der Waals surface area contributed by atoms with Gasteiger partial charge in [0.05, 0.1) is 17.6 Å². The molecule has 0 aliphatic heterocycles. The average Bonchev–Trinajstić information content (AvgIpc) is 2.75. The molecule has 4 nitrogen and oxygen atoms in total. The second kappa shape index (κ2) is 5.31. The van der Waals surface area contributed by atoms with Crippen molar-refractivity contribution in [1.82, 2.24) is 9.78 Å². The third-order valence-electron chi connectivity index (χ3n) is 2.90. The van der Waals surface area contributed by atoms with Crippen molar-refractivity contribution >= 4 is 23.0 Å². The van der Waals surface area contributed by atoms with Crippen molar-refractivity contribution in [2.45, 2.75) is 6.42 Å². The summed E-state index contributed by atoms with van der Waals surface area (Å²) in [5.74, 6) is 0. The number of halogens is 1. The minimum absolute atomic E-state index is 0.701. The molecular formula is C13H17ClN4. The fourth-order valence-electron chi connectivity index (χ4n) is 1.87. The smallest absolute Gasteiger partial charge is 0.0612 e. The summed E-state index contributed by atoms with van der Waals surface area (Å²) in [6.45, 7) is 0.871. The first kappa shape index (κ1) is 12.8. The fourth-order valence-corrected chi connectivity index (χ4v) is 2.03. The number of aromatic nitrogens is 2. The molecule has 0 unspecified atom stereocenters. The van der Waals surface area contributed by atoms with E-state index in [4.69, 9.17) is 17.3 Å². The Bertz CT molecular complexity index is 536. The van der Waals surface area contributed by atoms with Crippen LogP contribution in [0.5, 0.6) is 0 Å². The Hall–Kier alpha value is -1.68. The first-order valence-corrected chi connectivity index (χ1v) is 6.18. The highest BCUT2D eigenvalue weighted by molar-refractivity contribution is 6.31. The van der Waals surface area contributed by atoms with E-state index in [1.165, 1.54) is 5.56 Å². The van der Waals surface area contributed by atoms with Gasteiger partial charge in [-0.05, 0) is 30.2 Å². The molecule has 0 radical (unpaired) electrons. The molecule has 0 saturated heterocycles. The van der Waals surface area contributed by atoms with Gasteiger partial charge < -0.3 is 10.6 Å². The van der Waals surface area contributed by atoms with Crippen LogP contribution in [0.2, 0.25) is 5.02 Å². The topological polar surface area (TPSA) is 47.1 Å². The SMILES string of the molecule is CN(CCc1cnn(C)c1)c1cc(Cl)ccc1N. The quantitative estimate of drug-likeness (QED) is 0.863. The van der Waals surface area contributed by atoms with Crippen molar-refractivity contribution in [2.24, 2.45) is 7.05 Å². The van der Waals surface area contributed by atoms with Gasteiger partial charge in [-0.3, -0.25) is 4.68 Å². The molecular weight excluding hydrogens is 248 g/mol. The summed E-state index contributed by atoms with van der Waals surface area (Å²) in [4.78, 5) is 2.11. The maximum absolute atomic E-state index is 5.99. The van der Waals surface area contributed by atoms with Crippen LogP contribution in [0.25, 0.3) is 0 Å². The number of nitrogens with two attached hydrogens (primary N) is 1. The Labute approximate surface area is 112 Å². The van der Waals surface area contributed by atoms with E-state index < -0.39 is 0 Å². The zero-order valence-electron chi connectivity index (χ0n) is 10.6. The third kappa shape index (κ3) is 2.96. The van der Waals surface area contributed by atoms with Gasteiger partial charge in [0.1, 0.15) is 0 Å². The van der Waals surface area contributed by atoms with Gasteiger partial charge in [0.25, 0.3) is 0 Å². The van der Waals surface area contributed by atoms with Crippen LogP contribution in [0.1, 0.15) is 5.56 Å². The molecule has 18 heavy (non-hydrogen) atoms. The van der Waals surface area contributed by atoms with Gasteiger partial charge in [0.2, 0.25) is 0 Å². The van der Waals surface area contributed by atoms with E-state index in [-0.39, 0.29) is 0 Å². The van der Waals surface area contributed by atoms with E-state index in [0.717, 1.165) is 24.3 Å². The number of nitrogen functional groups attached to an aromatic ring is 1. The van der Waals surface area contributed by atoms with Crippen LogP contribution in [-0.4, -0.2) is 23.4 Å². The van der Waals surface area contributed by atoms with Crippen molar-refractivity contribution < 1.29 is 0 Å². The molecule has 2 aromatic rings. The molecule has 0 aliphatic rings. The highest BCUT2D eigenvalue weighted by Crippen LogP contribution is 2.26. The monoisotopic (exact) mass is 264 g/mol. The van der Waals surface area contributed by atoms with E-state index in [2.05, 4.69) is 10.00 Å². The Morgan fingerprint density at radius 1 is 1.44 bits per heavy atom. The van der Waals surface area contributed by atoms with Gasteiger partial charge >= 0.3 is 0 Å². The second-order valence-corrected chi connectivity index (χ2v) is 4.83. The van der Waals surface area contributed by atoms with Crippen LogP contribution >= 0.6 is 11.6 Å². The lowest BCUT2D eigenvalue weighted by molar-refractivity contribution is 0.766. The van der Waals surface area contributed by atoms with Crippen molar-refractivity contribution in [1.29, 1.82) is 0 Å². The fraction of sp³-hybridized carbons (Fsp3) is 0.308. The molecule has 5 heteroatoms. The van der Waals surface area contributed by atoms with Gasteiger partial charge in [-0.25, -0.2) is 0 Å². The summed E-state index contributed by atoms with van der Waals surface area (Å²) in [5.41, 5.74) is 8.87. The normalized spacial score (nSPS) is 10.6. The van der Waals surface area contributed by atoms with Crippen LogP contribution in [0, 0.1) is 0 Å². The summed E-state index contributed by atoms with van der Waals surface area (Å²) in [6.07, 6.45) is 4.83. The third-order valence-corrected chi connectivity index (χ3v) is 3.13. The molecule has 0 aliphatic carbocycles. The highest BCUT2D eigenvalue weighted by Gasteiger charge is 2.07. The summed E-state index contributed by atoms with van der Waals surface area (Å²) >= 11 is 5.99. The molecule has 1 aromatic heterocycles. The van der Waals surface area contributed by atoms with Crippen molar-refractivity contribution in [3.05, 3.63) is 41.2 Å². The minimum atomic E-state index is 0.701. The molecule has 0 bridgehead atoms. The van der Waals surface area contributed by atoms with E-state index in [1.54, 1.807) is 6.07 Å². The van der Waals surface area contributed by atoms with Crippen LogP contribution < -0.4 is 10.6 Å². The lowest BCUT2D eigenvalue weighted by Gasteiger charge is -2.21. The molecule has 0 amide bonds. The van der Waals surface area contributed by atoms with E-state index >= 15 is 0 Å². The number of aryl methyl sites for hydroxylation is 1. The number of hydrogen-bond donors (Lipinski definition) is 1. The van der Waals surface area contributed by atoms with E-state index in [9.17, 15) is 0 Å². The molecule has 0 atom stereocenters. The molecule has 1 aromatic carbocycles. The van der Waals surface area contributed by atoms with Crippen molar-refractivity contribution in [2.75, 3.05) is 24.2 Å². The predicted molar refractivity (Wildman–Crippen MR) is 76.0 cm³/mol. The molecule has 96 valence electrons. The number of anilines is 2. The number of likely N-dealkylation sites (N-methyl/N-ethyl adjacent to an activating group) is 1. The minimum Gasteiger partial charge on any atom is -0.397 e. The lowest BCUT2D eigenvalue weighted by Crippen LogP contribution is -2.21. The molecule has 0 saturated carbocycles. The summed E-state index contributed by atoms with van der Waals surface area (Å²) < 4.78 is 1.81. The lowest BCUT2D eigenvalue weighted by atomic mass is 10.2. The Balaban J connectivity index is 2.03. The first-order chi connectivity index (χ1) is 8.56. The predicted octanol–water partition coefficient (Wildman–Crippen LogP) is 2.33. The molecule has 2 N–H and O–H groups in total. The Morgan fingerprint density at radius 2 is 2.22 bits per heavy atom. The van der Waals surface area contributed by atoms with Crippen LogP contribution in [0.4, 0.5) is 11.4 Å². The van der Waals surface area contributed by atoms with Gasteiger partial charge in [-0.2, -0.15) is 5.10 Å². The maximum Gasteiger partial charge on any atom is 0.0612 e. The van der Waals surface area contributed by atoms with Crippen LogP contribution in [0.3, 0.4) is 0 Å². The number of benzene rings is 1. The van der Waals surface area contributed by atoms with E-state index in [0.29, 0.717) is 5.02 Å². The molecule has 2 rings (SSSR count). The van der Waals surface area contributed by atoms with Gasteiger partial charge in [0.15, 0.2) is 0 Å². The molecule has 0 fully saturated rings. The largest absolute Gasteiger partial charge is 0.397 e. The zero-order chi connectivity index (χ0) is 13.1. The maximum atomic E-state index is 5.99. The summed E-state index contributed by atoms with van der Waals surface area (Å²) in [7, 11) is 3.93. The summed E-state index contributed by atoms with van der Waals surface area (Å²) in [5, 5.41) is 4.85. The standard InChI is InChI=1S/C13H17ClN4/c1-17(6-5-10-8-16-18(2)9-10)13-7-11(14)3-4-12(13)15/h3-4,7-9H,5-6,15H2,1-2H3. The Morgan fingerprint density at radius 3 is 2.89 bits per heavy atom. The second-order valence-electron chi connectivity index (χ2n) is 4.40. The van der Waals surface area contributed by atoms with Crippen molar-refractivity contribution in [3.8, 4) is 0 Å². The first-order valence-electron chi connectivity index (χ1n) is 5.80. The zero-order valence-corrected chi connectivity index (χ0v) is 11.4. The average molecular weight is 265 g/mol. The van der Waals surface area contributed by atoms with E-state index in [1.807, 2.05) is 43.3 Å². The molecule has 1 heterocycles. The number of rotatable bonds is 4. The highest BCUT2D eigenvalue weighted by atomic mass is 35.5. The summed E-state index contributed by atoms with van der Waals surface area (Å²) in [6, 6.07) is 5.52. The van der Waals surface area contributed by atoms with Gasteiger partial charge in [-0.15, -0.1) is 0 Å². The Kier molecular flexibility index (Phi) is 3.77. The van der Waals surface area contributed by atoms with Gasteiger partial charge in [-0.1, -0.05) is 11.6 Å². The molecule has 0 spiro atoms. The van der Waals surface area contributed by atoms with Crippen molar-refractivity contribution in [3.63, 3.8) is 0 Å². The van der Waals surface area contributed by atoms with Crippen LogP contribution in [0.15, 0.2) is 30.6 Å². The van der Waals surface area contributed by atoms with Crippen LogP contribution in [-0.2, 0) is 13.5 Å². The number of nitrogens with zero attached hydrogens (tertiary/aromatic N) is 3. The number of hydrogen-bond acceptors (Lipinski definition) is 3. The van der Waals surface area contributed by atoms with Gasteiger partial charge in [0, 0.05) is 31.9 Å².